The predicted molar refractivity (Wildman–Crippen MR) is 117 cm³/mol. The SMILES string of the molecule is COc1ccc(C2CCCC(NC(=O)c3ccccn3)(C(=O)NC(C)(C)C)C2)cc1. The number of benzene rings is 1. The average molecular weight is 410 g/mol. The van der Waals surface area contributed by atoms with E-state index in [1.165, 1.54) is 0 Å². The molecule has 0 saturated heterocycles. The number of pyridine rings is 1. The predicted octanol–water partition coefficient (Wildman–Crippen LogP) is 3.83. The van der Waals surface area contributed by atoms with Gasteiger partial charge in [-0.1, -0.05) is 18.2 Å². The summed E-state index contributed by atoms with van der Waals surface area (Å²) in [4.78, 5) is 30.5. The van der Waals surface area contributed by atoms with E-state index in [-0.39, 0.29) is 17.7 Å². The second-order valence-corrected chi connectivity index (χ2v) is 9.02. The number of rotatable bonds is 5. The van der Waals surface area contributed by atoms with Crippen molar-refractivity contribution in [3.63, 3.8) is 0 Å². The number of amides is 2. The highest BCUT2D eigenvalue weighted by Gasteiger charge is 2.45. The van der Waals surface area contributed by atoms with Gasteiger partial charge in [-0.2, -0.15) is 0 Å². The van der Waals surface area contributed by atoms with Crippen molar-refractivity contribution >= 4 is 11.8 Å². The zero-order chi connectivity index (χ0) is 21.8. The fraction of sp³-hybridized carbons (Fsp3) is 0.458. The van der Waals surface area contributed by atoms with Gasteiger partial charge in [-0.25, -0.2) is 0 Å². The second-order valence-electron chi connectivity index (χ2n) is 9.02. The quantitative estimate of drug-likeness (QED) is 0.786. The molecule has 2 amide bonds. The van der Waals surface area contributed by atoms with E-state index in [2.05, 4.69) is 15.6 Å². The summed E-state index contributed by atoms with van der Waals surface area (Å²) in [5.41, 5.74) is 0.0833. The number of aromatic nitrogens is 1. The highest BCUT2D eigenvalue weighted by atomic mass is 16.5. The molecule has 1 fully saturated rings. The number of nitrogens with zero attached hydrogens (tertiary/aromatic N) is 1. The maximum atomic E-state index is 13.4. The van der Waals surface area contributed by atoms with Gasteiger partial charge in [0.25, 0.3) is 5.91 Å². The first-order chi connectivity index (χ1) is 14.2. The summed E-state index contributed by atoms with van der Waals surface area (Å²) in [5.74, 6) is 0.502. The lowest BCUT2D eigenvalue weighted by Crippen LogP contribution is -2.63. The summed E-state index contributed by atoms with van der Waals surface area (Å²) in [5, 5.41) is 6.14. The normalized spacial score (nSPS) is 21.5. The molecule has 160 valence electrons. The summed E-state index contributed by atoms with van der Waals surface area (Å²) >= 11 is 0. The maximum absolute atomic E-state index is 13.4. The van der Waals surface area contributed by atoms with Crippen LogP contribution in [0.4, 0.5) is 0 Å². The number of ether oxygens (including phenoxy) is 1. The lowest BCUT2D eigenvalue weighted by molar-refractivity contribution is -0.130. The minimum absolute atomic E-state index is 0.141. The zero-order valence-electron chi connectivity index (χ0n) is 18.2. The van der Waals surface area contributed by atoms with E-state index in [1.807, 2.05) is 45.0 Å². The smallest absolute Gasteiger partial charge is 0.270 e. The number of methoxy groups -OCH3 is 1. The molecule has 1 saturated carbocycles. The molecule has 3 rings (SSSR count). The Morgan fingerprint density at radius 2 is 1.87 bits per heavy atom. The van der Waals surface area contributed by atoms with Crippen molar-refractivity contribution in [2.75, 3.05) is 7.11 Å². The minimum Gasteiger partial charge on any atom is -0.497 e. The topological polar surface area (TPSA) is 80.3 Å². The molecule has 2 unspecified atom stereocenters. The molecule has 1 aliphatic rings. The lowest BCUT2D eigenvalue weighted by atomic mass is 9.72. The van der Waals surface area contributed by atoms with Gasteiger partial charge in [-0.05, 0) is 82.2 Å². The molecule has 6 heteroatoms. The average Bonchev–Trinajstić information content (AvgIpc) is 2.73. The van der Waals surface area contributed by atoms with E-state index >= 15 is 0 Å². The molecule has 1 aromatic carbocycles. The Hall–Kier alpha value is -2.89. The molecule has 0 spiro atoms. The van der Waals surface area contributed by atoms with Gasteiger partial charge in [-0.3, -0.25) is 14.6 Å². The minimum atomic E-state index is -0.981. The van der Waals surface area contributed by atoms with E-state index in [0.717, 1.165) is 24.2 Å². The third-order valence-corrected chi connectivity index (χ3v) is 5.51. The van der Waals surface area contributed by atoms with Crippen LogP contribution in [0.25, 0.3) is 0 Å². The van der Waals surface area contributed by atoms with Gasteiger partial charge < -0.3 is 15.4 Å². The first-order valence-electron chi connectivity index (χ1n) is 10.4. The molecule has 1 heterocycles. The summed E-state index contributed by atoms with van der Waals surface area (Å²) in [6.07, 6.45) is 4.53. The summed E-state index contributed by atoms with van der Waals surface area (Å²) in [6.45, 7) is 5.84. The van der Waals surface area contributed by atoms with E-state index in [1.54, 1.807) is 31.5 Å². The van der Waals surface area contributed by atoms with E-state index in [0.29, 0.717) is 18.5 Å². The van der Waals surface area contributed by atoms with Crippen molar-refractivity contribution in [1.29, 1.82) is 0 Å². The van der Waals surface area contributed by atoms with Crippen LogP contribution in [0.5, 0.6) is 5.75 Å². The number of carbonyl (C=O) groups excluding carboxylic acids is 2. The van der Waals surface area contributed by atoms with Gasteiger partial charge in [0.05, 0.1) is 7.11 Å². The lowest BCUT2D eigenvalue weighted by Gasteiger charge is -2.42. The fourth-order valence-electron chi connectivity index (χ4n) is 4.05. The van der Waals surface area contributed by atoms with Crippen molar-refractivity contribution < 1.29 is 14.3 Å². The zero-order valence-corrected chi connectivity index (χ0v) is 18.2. The number of hydrogen-bond donors (Lipinski definition) is 2. The second kappa shape index (κ2) is 8.86. The van der Waals surface area contributed by atoms with Crippen LogP contribution in [0.2, 0.25) is 0 Å². The molecule has 1 aromatic heterocycles. The Kier molecular flexibility index (Phi) is 6.44. The van der Waals surface area contributed by atoms with Crippen molar-refractivity contribution in [2.24, 2.45) is 0 Å². The van der Waals surface area contributed by atoms with Crippen LogP contribution in [0, 0.1) is 0 Å². The van der Waals surface area contributed by atoms with Crippen molar-refractivity contribution in [1.82, 2.24) is 15.6 Å². The monoisotopic (exact) mass is 409 g/mol. The van der Waals surface area contributed by atoms with Crippen molar-refractivity contribution in [3.05, 3.63) is 59.9 Å². The number of carbonyl (C=O) groups is 2. The molecule has 0 bridgehead atoms. The van der Waals surface area contributed by atoms with Gasteiger partial charge in [0.15, 0.2) is 0 Å². The van der Waals surface area contributed by atoms with Gasteiger partial charge in [0.2, 0.25) is 5.91 Å². The van der Waals surface area contributed by atoms with Crippen LogP contribution in [0.15, 0.2) is 48.7 Å². The van der Waals surface area contributed by atoms with Crippen LogP contribution in [0.3, 0.4) is 0 Å². The molecule has 1 aliphatic carbocycles. The highest BCUT2D eigenvalue weighted by molar-refractivity contribution is 5.98. The Morgan fingerprint density at radius 1 is 1.13 bits per heavy atom. The maximum Gasteiger partial charge on any atom is 0.270 e. The summed E-state index contributed by atoms with van der Waals surface area (Å²) in [7, 11) is 1.64. The van der Waals surface area contributed by atoms with Gasteiger partial charge in [0.1, 0.15) is 17.0 Å². The van der Waals surface area contributed by atoms with Gasteiger partial charge >= 0.3 is 0 Å². The molecule has 2 N–H and O–H groups in total. The van der Waals surface area contributed by atoms with Gasteiger partial charge in [0, 0.05) is 11.7 Å². The standard InChI is InChI=1S/C24H31N3O3/c1-23(2,3)27-22(29)24(26-21(28)20-9-5-6-15-25-20)14-7-8-18(16-24)17-10-12-19(30-4)13-11-17/h5-6,9-13,15,18H,7-8,14,16H2,1-4H3,(H,26,28)(H,27,29). The summed E-state index contributed by atoms with van der Waals surface area (Å²) < 4.78 is 5.26. The van der Waals surface area contributed by atoms with Gasteiger partial charge in [-0.15, -0.1) is 0 Å². The molecule has 2 aromatic rings. The Labute approximate surface area is 178 Å². The number of hydrogen-bond acceptors (Lipinski definition) is 4. The molecular weight excluding hydrogens is 378 g/mol. The third kappa shape index (κ3) is 5.17. The molecule has 30 heavy (non-hydrogen) atoms. The van der Waals surface area contributed by atoms with Crippen LogP contribution >= 0.6 is 0 Å². The number of nitrogens with one attached hydrogen (secondary N) is 2. The van der Waals surface area contributed by atoms with Crippen LogP contribution in [-0.2, 0) is 4.79 Å². The highest BCUT2D eigenvalue weighted by Crippen LogP contribution is 2.39. The first-order valence-corrected chi connectivity index (χ1v) is 10.4. The molecular formula is C24H31N3O3. The fourth-order valence-corrected chi connectivity index (χ4v) is 4.05. The van der Waals surface area contributed by atoms with E-state index in [4.69, 9.17) is 4.74 Å². The Morgan fingerprint density at radius 3 is 2.47 bits per heavy atom. The van der Waals surface area contributed by atoms with Crippen molar-refractivity contribution in [2.45, 2.75) is 63.5 Å². The molecule has 2 atom stereocenters. The summed E-state index contributed by atoms with van der Waals surface area (Å²) in [6, 6.07) is 13.2. The van der Waals surface area contributed by atoms with Crippen molar-refractivity contribution in [3.8, 4) is 5.75 Å². The van der Waals surface area contributed by atoms with Crippen LogP contribution in [-0.4, -0.2) is 35.0 Å². The molecule has 0 radical (unpaired) electrons. The largest absolute Gasteiger partial charge is 0.497 e. The molecule has 0 aliphatic heterocycles. The molecule has 6 nitrogen and oxygen atoms in total. The Balaban J connectivity index is 1.89. The first kappa shape index (κ1) is 21.8. The van der Waals surface area contributed by atoms with E-state index in [9.17, 15) is 9.59 Å². The Bertz CT molecular complexity index is 875. The third-order valence-electron chi connectivity index (χ3n) is 5.51. The van der Waals surface area contributed by atoms with Crippen LogP contribution < -0.4 is 15.4 Å². The van der Waals surface area contributed by atoms with E-state index < -0.39 is 11.1 Å². The van der Waals surface area contributed by atoms with Crippen LogP contribution in [0.1, 0.15) is 68.4 Å².